The second kappa shape index (κ2) is 6.07. The summed E-state index contributed by atoms with van der Waals surface area (Å²) in [5.41, 5.74) is 1.10. The summed E-state index contributed by atoms with van der Waals surface area (Å²) < 4.78 is 1.82. The highest BCUT2D eigenvalue weighted by Gasteiger charge is 2.36. The molecule has 3 aromatic rings. The van der Waals surface area contributed by atoms with Crippen LogP contribution >= 0.6 is 11.3 Å². The third kappa shape index (κ3) is 2.62. The van der Waals surface area contributed by atoms with E-state index in [0.29, 0.717) is 5.92 Å². The first kappa shape index (κ1) is 15.3. The van der Waals surface area contributed by atoms with Crippen molar-refractivity contribution in [1.29, 1.82) is 0 Å². The van der Waals surface area contributed by atoms with Crippen LogP contribution < -0.4 is 5.56 Å². The summed E-state index contributed by atoms with van der Waals surface area (Å²) in [6.07, 6.45) is 3.16. The summed E-state index contributed by atoms with van der Waals surface area (Å²) in [7, 11) is 0. The maximum atomic E-state index is 13.1. The van der Waals surface area contributed by atoms with Gasteiger partial charge >= 0.3 is 0 Å². The molecule has 2 bridgehead atoms. The Labute approximate surface area is 150 Å². The Morgan fingerprint density at radius 3 is 2.56 bits per heavy atom. The predicted octanol–water partition coefficient (Wildman–Crippen LogP) is 3.32. The lowest BCUT2D eigenvalue weighted by Crippen LogP contribution is -2.50. The number of piperidine rings is 3. The highest BCUT2D eigenvalue weighted by Crippen LogP contribution is 2.35. The van der Waals surface area contributed by atoms with Crippen molar-refractivity contribution in [1.82, 2.24) is 14.7 Å². The molecular weight excluding hydrogens is 330 g/mol. The number of benzene rings is 1. The van der Waals surface area contributed by atoms with Crippen LogP contribution in [-0.2, 0) is 6.42 Å². The molecule has 5 heterocycles. The van der Waals surface area contributed by atoms with E-state index in [1.807, 2.05) is 28.9 Å². The van der Waals surface area contributed by atoms with Crippen LogP contribution in [0.3, 0.4) is 0 Å². The van der Waals surface area contributed by atoms with E-state index >= 15 is 0 Å². The van der Waals surface area contributed by atoms with Gasteiger partial charge < -0.3 is 4.90 Å². The number of thiophene rings is 1. The van der Waals surface area contributed by atoms with Crippen molar-refractivity contribution >= 4 is 22.1 Å². The van der Waals surface area contributed by atoms with E-state index in [4.69, 9.17) is 5.10 Å². The largest absolute Gasteiger partial charge is 0.301 e. The minimum absolute atomic E-state index is 0.0734. The highest BCUT2D eigenvalue weighted by atomic mass is 32.1. The first-order valence-corrected chi connectivity index (χ1v) is 9.93. The van der Waals surface area contributed by atoms with Crippen LogP contribution in [0.2, 0.25) is 0 Å². The third-order valence-corrected chi connectivity index (χ3v) is 6.64. The molecule has 0 amide bonds. The van der Waals surface area contributed by atoms with Gasteiger partial charge in [-0.1, -0.05) is 24.3 Å². The molecule has 0 radical (unpaired) electrons. The number of fused-ring (bicyclic) bond motifs is 4. The first-order valence-electron chi connectivity index (χ1n) is 9.05. The average molecular weight is 351 g/mol. The van der Waals surface area contributed by atoms with Gasteiger partial charge in [0.05, 0.1) is 17.1 Å². The number of rotatable bonds is 3. The van der Waals surface area contributed by atoms with Crippen molar-refractivity contribution in [3.63, 3.8) is 0 Å². The third-order valence-electron chi connectivity index (χ3n) is 5.76. The Morgan fingerprint density at radius 1 is 1.08 bits per heavy atom. The molecule has 2 aromatic heterocycles. The summed E-state index contributed by atoms with van der Waals surface area (Å²) in [5.74, 6) is 0.589. The molecule has 4 nitrogen and oxygen atoms in total. The smallest absolute Gasteiger partial charge is 0.274 e. The average Bonchev–Trinajstić information content (AvgIpc) is 3.18. The molecule has 3 fully saturated rings. The van der Waals surface area contributed by atoms with Gasteiger partial charge in [-0.2, -0.15) is 5.10 Å². The van der Waals surface area contributed by atoms with Gasteiger partial charge in [0.2, 0.25) is 0 Å². The minimum Gasteiger partial charge on any atom is -0.301 e. The highest BCUT2D eigenvalue weighted by molar-refractivity contribution is 7.09. The van der Waals surface area contributed by atoms with E-state index < -0.39 is 0 Å². The molecule has 0 saturated carbocycles. The zero-order valence-electron chi connectivity index (χ0n) is 14.1. The Balaban J connectivity index is 1.66. The molecular formula is C20H21N3OS. The molecule has 1 aromatic carbocycles. The van der Waals surface area contributed by atoms with Gasteiger partial charge in [-0.3, -0.25) is 4.79 Å². The first-order chi connectivity index (χ1) is 12.3. The monoisotopic (exact) mass is 351 g/mol. The summed E-state index contributed by atoms with van der Waals surface area (Å²) in [5, 5.41) is 8.80. The topological polar surface area (TPSA) is 38.1 Å². The lowest BCUT2D eigenvalue weighted by Gasteiger charge is -2.44. The van der Waals surface area contributed by atoms with Gasteiger partial charge in [0.25, 0.3) is 5.56 Å². The maximum absolute atomic E-state index is 13.1. The molecule has 6 rings (SSSR count). The van der Waals surface area contributed by atoms with Crippen LogP contribution in [0.25, 0.3) is 10.8 Å². The van der Waals surface area contributed by atoms with Crippen LogP contribution in [-0.4, -0.2) is 34.3 Å². The normalized spacial score (nSPS) is 25.5. The van der Waals surface area contributed by atoms with Crippen LogP contribution in [0, 0.1) is 5.92 Å². The van der Waals surface area contributed by atoms with Gasteiger partial charge in [-0.05, 0) is 49.4 Å². The summed E-state index contributed by atoms with van der Waals surface area (Å²) in [4.78, 5) is 16.9. The van der Waals surface area contributed by atoms with Crippen LogP contribution in [0.15, 0.2) is 46.6 Å². The van der Waals surface area contributed by atoms with Gasteiger partial charge in [-0.25, -0.2) is 4.68 Å². The lowest BCUT2D eigenvalue weighted by molar-refractivity contribution is 0.0489. The Hall–Kier alpha value is -1.98. The quantitative estimate of drug-likeness (QED) is 0.727. The van der Waals surface area contributed by atoms with Gasteiger partial charge in [0, 0.05) is 23.2 Å². The van der Waals surface area contributed by atoms with E-state index in [9.17, 15) is 4.79 Å². The van der Waals surface area contributed by atoms with Crippen molar-refractivity contribution in [3.8, 4) is 0 Å². The van der Waals surface area contributed by atoms with Crippen molar-refractivity contribution in [2.24, 2.45) is 5.92 Å². The van der Waals surface area contributed by atoms with Crippen LogP contribution in [0.5, 0.6) is 0 Å². The molecule has 0 N–H and O–H groups in total. The molecule has 0 spiro atoms. The number of nitrogens with zero attached hydrogens (tertiary/aromatic N) is 3. The molecule has 128 valence electrons. The van der Waals surface area contributed by atoms with E-state index in [1.165, 1.54) is 30.8 Å². The molecule has 3 aliphatic heterocycles. The van der Waals surface area contributed by atoms with Crippen molar-refractivity contribution in [2.75, 3.05) is 19.6 Å². The van der Waals surface area contributed by atoms with Gasteiger partial charge in [-0.15, -0.1) is 11.3 Å². The van der Waals surface area contributed by atoms with Gasteiger partial charge in [0.15, 0.2) is 0 Å². The fraction of sp³-hybridized carbons (Fsp3) is 0.400. The zero-order valence-corrected chi connectivity index (χ0v) is 14.9. The Bertz CT molecular complexity index is 955. The van der Waals surface area contributed by atoms with Crippen molar-refractivity contribution < 1.29 is 0 Å². The summed E-state index contributed by atoms with van der Waals surface area (Å²) in [6, 6.07) is 12.4. The second-order valence-corrected chi connectivity index (χ2v) is 8.24. The van der Waals surface area contributed by atoms with Crippen LogP contribution in [0.1, 0.15) is 29.5 Å². The summed E-state index contributed by atoms with van der Waals surface area (Å²) >= 11 is 1.75. The second-order valence-electron chi connectivity index (χ2n) is 7.20. The molecule has 0 aliphatic carbocycles. The number of aromatic nitrogens is 2. The SMILES string of the molecule is O=c1c2ccccc2c(Cc2cccs2)nn1C1CN2CCC1CC2. The molecule has 3 aliphatic rings. The van der Waals surface area contributed by atoms with E-state index in [1.54, 1.807) is 11.3 Å². The number of hydrogen-bond acceptors (Lipinski definition) is 4. The fourth-order valence-corrected chi connectivity index (χ4v) is 5.13. The van der Waals surface area contributed by atoms with E-state index in [0.717, 1.165) is 29.4 Å². The van der Waals surface area contributed by atoms with Crippen molar-refractivity contribution in [2.45, 2.75) is 25.3 Å². The maximum Gasteiger partial charge on any atom is 0.274 e. The van der Waals surface area contributed by atoms with Gasteiger partial charge in [0.1, 0.15) is 0 Å². The molecule has 1 unspecified atom stereocenters. The Morgan fingerprint density at radius 2 is 1.88 bits per heavy atom. The lowest BCUT2D eigenvalue weighted by atomic mass is 9.84. The fourth-order valence-electron chi connectivity index (χ4n) is 4.42. The number of hydrogen-bond donors (Lipinski definition) is 0. The molecule has 3 saturated heterocycles. The predicted molar refractivity (Wildman–Crippen MR) is 101 cm³/mol. The zero-order chi connectivity index (χ0) is 16.8. The Kier molecular flexibility index (Phi) is 3.71. The minimum atomic E-state index is 0.0734. The molecule has 1 atom stereocenters. The van der Waals surface area contributed by atoms with E-state index in [2.05, 4.69) is 22.4 Å². The summed E-state index contributed by atoms with van der Waals surface area (Å²) in [6.45, 7) is 3.31. The van der Waals surface area contributed by atoms with E-state index in [-0.39, 0.29) is 11.6 Å². The molecule has 25 heavy (non-hydrogen) atoms. The standard InChI is InChI=1S/C20H21N3OS/c24-20-17-6-2-1-5-16(17)18(12-15-4-3-11-25-15)21-23(20)19-13-22-9-7-14(19)8-10-22/h1-6,11,14,19H,7-10,12-13H2. The van der Waals surface area contributed by atoms with Crippen LogP contribution in [0.4, 0.5) is 0 Å². The molecule has 5 heteroatoms. The van der Waals surface area contributed by atoms with Crippen molar-refractivity contribution in [3.05, 3.63) is 62.7 Å².